The lowest BCUT2D eigenvalue weighted by Gasteiger charge is -2.13. The van der Waals surface area contributed by atoms with Crippen molar-refractivity contribution in [1.29, 1.82) is 0 Å². The molecule has 1 saturated heterocycles. The van der Waals surface area contributed by atoms with Crippen molar-refractivity contribution in [3.05, 3.63) is 108 Å². The van der Waals surface area contributed by atoms with E-state index in [0.29, 0.717) is 32.1 Å². The standard InChI is InChI=1S/C26H16BrCl3N2O2S/c27-18-6-8-23-20(10-18)17(13-31(23)12-15-3-1-2-4-21(15)29)9-24-25(33)32(26(34)35-24)14-16-5-7-19(28)11-22(16)30/h1-11,13H,12,14H2/b24-9-. The number of hydrogen-bond acceptors (Lipinski definition) is 3. The summed E-state index contributed by atoms with van der Waals surface area (Å²) in [6.45, 7) is 0.653. The highest BCUT2D eigenvalue weighted by Crippen LogP contribution is 2.36. The largest absolute Gasteiger partial charge is 0.342 e. The summed E-state index contributed by atoms with van der Waals surface area (Å²) in [5, 5.41) is 2.21. The number of fused-ring (bicyclic) bond motifs is 1. The molecular weight excluding hydrogens is 591 g/mol. The van der Waals surface area contributed by atoms with Crippen LogP contribution in [0.25, 0.3) is 17.0 Å². The number of nitrogens with zero attached hydrogens (tertiary/aromatic N) is 2. The molecule has 2 amide bonds. The SMILES string of the molecule is O=C1S/C(=C\c2cn(Cc3ccccc3Cl)c3ccc(Br)cc23)C(=O)N1Cc1ccc(Cl)cc1Cl. The molecule has 1 aliphatic heterocycles. The summed E-state index contributed by atoms with van der Waals surface area (Å²) in [7, 11) is 0. The molecule has 35 heavy (non-hydrogen) atoms. The fraction of sp³-hybridized carbons (Fsp3) is 0.0769. The van der Waals surface area contributed by atoms with E-state index in [4.69, 9.17) is 34.8 Å². The Hall–Kier alpha value is -2.22. The van der Waals surface area contributed by atoms with Crippen molar-refractivity contribution in [3.63, 3.8) is 0 Å². The van der Waals surface area contributed by atoms with Gasteiger partial charge in [-0.3, -0.25) is 14.5 Å². The molecule has 0 radical (unpaired) electrons. The lowest BCUT2D eigenvalue weighted by molar-refractivity contribution is -0.123. The van der Waals surface area contributed by atoms with Crippen molar-refractivity contribution < 1.29 is 9.59 Å². The average Bonchev–Trinajstić information content (AvgIpc) is 3.28. The molecule has 4 aromatic rings. The molecule has 1 aromatic heterocycles. The van der Waals surface area contributed by atoms with Gasteiger partial charge in [-0.1, -0.05) is 75.0 Å². The molecule has 9 heteroatoms. The molecule has 1 aliphatic rings. The van der Waals surface area contributed by atoms with E-state index >= 15 is 0 Å². The Morgan fingerprint density at radius 3 is 2.43 bits per heavy atom. The molecule has 0 aliphatic carbocycles. The van der Waals surface area contributed by atoms with Crippen LogP contribution in [-0.4, -0.2) is 20.6 Å². The van der Waals surface area contributed by atoms with Gasteiger partial charge >= 0.3 is 0 Å². The lowest BCUT2D eigenvalue weighted by atomic mass is 10.1. The van der Waals surface area contributed by atoms with Crippen LogP contribution in [0, 0.1) is 0 Å². The number of carbonyl (C=O) groups is 2. The molecule has 0 atom stereocenters. The van der Waals surface area contributed by atoms with Crippen molar-refractivity contribution in [2.45, 2.75) is 13.1 Å². The van der Waals surface area contributed by atoms with Crippen molar-refractivity contribution in [3.8, 4) is 0 Å². The summed E-state index contributed by atoms with van der Waals surface area (Å²) in [6.07, 6.45) is 3.75. The van der Waals surface area contributed by atoms with Crippen molar-refractivity contribution in [2.24, 2.45) is 0 Å². The lowest BCUT2D eigenvalue weighted by Crippen LogP contribution is -2.27. The first-order valence-electron chi connectivity index (χ1n) is 10.5. The summed E-state index contributed by atoms with van der Waals surface area (Å²) in [6, 6.07) is 18.7. The van der Waals surface area contributed by atoms with Gasteiger partial charge in [0.1, 0.15) is 0 Å². The highest BCUT2D eigenvalue weighted by molar-refractivity contribution is 9.10. The van der Waals surface area contributed by atoms with Gasteiger partial charge in [0.25, 0.3) is 11.1 Å². The average molecular weight is 607 g/mol. The first-order valence-corrected chi connectivity index (χ1v) is 13.3. The molecule has 5 rings (SSSR count). The monoisotopic (exact) mass is 604 g/mol. The minimum atomic E-state index is -0.354. The summed E-state index contributed by atoms with van der Waals surface area (Å²) >= 11 is 23.1. The molecule has 3 aromatic carbocycles. The smallest absolute Gasteiger partial charge is 0.293 e. The Kier molecular flexibility index (Phi) is 7.02. The van der Waals surface area contributed by atoms with E-state index < -0.39 is 0 Å². The maximum absolute atomic E-state index is 13.2. The van der Waals surface area contributed by atoms with Gasteiger partial charge in [0.15, 0.2) is 0 Å². The zero-order valence-electron chi connectivity index (χ0n) is 18.0. The van der Waals surface area contributed by atoms with Crippen molar-refractivity contribution >= 4 is 90.6 Å². The highest BCUT2D eigenvalue weighted by atomic mass is 79.9. The minimum absolute atomic E-state index is 0.0812. The number of benzene rings is 3. The van der Waals surface area contributed by atoms with E-state index in [-0.39, 0.29) is 17.7 Å². The van der Waals surface area contributed by atoms with Gasteiger partial charge in [-0.2, -0.15) is 0 Å². The van der Waals surface area contributed by atoms with Gasteiger partial charge in [-0.05, 0) is 65.4 Å². The quantitative estimate of drug-likeness (QED) is 0.214. The third-order valence-electron chi connectivity index (χ3n) is 5.68. The second-order valence-electron chi connectivity index (χ2n) is 7.97. The van der Waals surface area contributed by atoms with Gasteiger partial charge in [-0.25, -0.2) is 0 Å². The number of amides is 2. The van der Waals surface area contributed by atoms with Gasteiger partial charge in [0.05, 0.1) is 11.4 Å². The molecule has 0 spiro atoms. The molecule has 0 N–H and O–H groups in total. The fourth-order valence-corrected chi connectivity index (χ4v) is 5.80. The maximum Gasteiger partial charge on any atom is 0.293 e. The van der Waals surface area contributed by atoms with Crippen LogP contribution in [0.15, 0.2) is 76.2 Å². The number of carbonyl (C=O) groups excluding carboxylic acids is 2. The van der Waals surface area contributed by atoms with Crippen LogP contribution in [0.2, 0.25) is 15.1 Å². The number of imide groups is 1. The highest BCUT2D eigenvalue weighted by Gasteiger charge is 2.35. The van der Waals surface area contributed by atoms with Crippen LogP contribution >= 0.6 is 62.5 Å². The number of hydrogen-bond donors (Lipinski definition) is 0. The minimum Gasteiger partial charge on any atom is -0.342 e. The molecule has 0 unspecified atom stereocenters. The zero-order chi connectivity index (χ0) is 24.7. The van der Waals surface area contributed by atoms with E-state index in [1.807, 2.05) is 48.7 Å². The Morgan fingerprint density at radius 2 is 1.66 bits per heavy atom. The Labute approximate surface area is 229 Å². The van der Waals surface area contributed by atoms with Crippen molar-refractivity contribution in [2.75, 3.05) is 0 Å². The van der Waals surface area contributed by atoms with Crippen LogP contribution in [-0.2, 0) is 17.9 Å². The number of thioether (sulfide) groups is 1. The van der Waals surface area contributed by atoms with Gasteiger partial charge in [0, 0.05) is 48.7 Å². The topological polar surface area (TPSA) is 42.3 Å². The number of halogens is 4. The second kappa shape index (κ2) is 10.0. The molecule has 4 nitrogen and oxygen atoms in total. The third kappa shape index (κ3) is 5.04. The second-order valence-corrected chi connectivity index (χ2v) is 11.1. The van der Waals surface area contributed by atoms with E-state index in [1.165, 1.54) is 4.90 Å². The summed E-state index contributed by atoms with van der Waals surface area (Å²) < 4.78 is 3.01. The van der Waals surface area contributed by atoms with Crippen LogP contribution in [0.5, 0.6) is 0 Å². The van der Waals surface area contributed by atoms with Gasteiger partial charge in [0.2, 0.25) is 0 Å². The molecule has 1 fully saturated rings. The number of aromatic nitrogens is 1. The molecule has 0 saturated carbocycles. The van der Waals surface area contributed by atoms with Gasteiger partial charge < -0.3 is 4.57 Å². The van der Waals surface area contributed by atoms with Crippen LogP contribution in [0.4, 0.5) is 4.79 Å². The predicted molar refractivity (Wildman–Crippen MR) is 148 cm³/mol. The Bertz CT molecular complexity index is 1530. The molecule has 2 heterocycles. The molecule has 0 bridgehead atoms. The van der Waals surface area contributed by atoms with E-state index in [1.54, 1.807) is 24.3 Å². The van der Waals surface area contributed by atoms with Crippen LogP contribution < -0.4 is 0 Å². The first-order chi connectivity index (χ1) is 16.8. The summed E-state index contributed by atoms with van der Waals surface area (Å²) in [5.74, 6) is -0.354. The zero-order valence-corrected chi connectivity index (χ0v) is 22.6. The van der Waals surface area contributed by atoms with Crippen LogP contribution in [0.1, 0.15) is 16.7 Å². The maximum atomic E-state index is 13.2. The van der Waals surface area contributed by atoms with Crippen molar-refractivity contribution in [1.82, 2.24) is 9.47 Å². The summed E-state index contributed by atoms with van der Waals surface area (Å²) in [5.41, 5.74) is 3.47. The molecule has 176 valence electrons. The van der Waals surface area contributed by atoms with E-state index in [9.17, 15) is 9.59 Å². The molecular formula is C26H16BrCl3N2O2S. The normalized spacial score (nSPS) is 15.1. The van der Waals surface area contributed by atoms with Gasteiger partial charge in [-0.15, -0.1) is 0 Å². The third-order valence-corrected chi connectivity index (χ3v) is 8.03. The Balaban J connectivity index is 1.49. The van der Waals surface area contributed by atoms with E-state index in [2.05, 4.69) is 20.5 Å². The van der Waals surface area contributed by atoms with E-state index in [0.717, 1.165) is 38.3 Å². The van der Waals surface area contributed by atoms with Crippen LogP contribution in [0.3, 0.4) is 0 Å². The first kappa shape index (κ1) is 24.5. The summed E-state index contributed by atoms with van der Waals surface area (Å²) in [4.78, 5) is 27.4. The Morgan fingerprint density at radius 1 is 0.886 bits per heavy atom. The predicted octanol–water partition coefficient (Wildman–Crippen LogP) is 8.65. The fourth-order valence-electron chi connectivity index (χ4n) is 3.95. The number of rotatable bonds is 5.